The first kappa shape index (κ1) is 17.2. The van der Waals surface area contributed by atoms with Crippen molar-refractivity contribution < 1.29 is 14.4 Å². The number of rotatable bonds is 2. The fraction of sp³-hybridized carbons (Fsp3) is 0. The second-order valence-electron chi connectivity index (χ2n) is 3.46. The Hall–Kier alpha value is -0.830. The molecule has 2 N–H and O–H groups in total. The standard InChI is InChI=1S/C12H11O3P.2ClH/c13-16(14,15)12-8-6-11(7-9-12)10-4-2-1-3-5-10;;/h1-9H,(H2,13,14,15);2*1H. The van der Waals surface area contributed by atoms with Crippen LogP contribution in [0.2, 0.25) is 0 Å². The highest BCUT2D eigenvalue weighted by Gasteiger charge is 2.15. The van der Waals surface area contributed by atoms with Crippen molar-refractivity contribution in [3.8, 4) is 11.1 Å². The molecule has 0 fully saturated rings. The molecular formula is C12H13Cl2O3P. The predicted molar refractivity (Wildman–Crippen MR) is 78.1 cm³/mol. The zero-order chi connectivity index (χ0) is 11.6. The van der Waals surface area contributed by atoms with Gasteiger partial charge in [-0.15, -0.1) is 24.8 Å². The van der Waals surface area contributed by atoms with Crippen LogP contribution in [-0.4, -0.2) is 9.79 Å². The molecule has 0 unspecified atom stereocenters. The van der Waals surface area contributed by atoms with Crippen LogP contribution in [-0.2, 0) is 4.57 Å². The van der Waals surface area contributed by atoms with E-state index in [-0.39, 0.29) is 30.1 Å². The molecule has 2 rings (SSSR count). The Morgan fingerprint density at radius 3 is 1.61 bits per heavy atom. The Morgan fingerprint density at radius 1 is 0.722 bits per heavy atom. The van der Waals surface area contributed by atoms with Crippen LogP contribution < -0.4 is 5.30 Å². The van der Waals surface area contributed by atoms with Crippen molar-refractivity contribution in [2.45, 2.75) is 0 Å². The first-order valence-electron chi connectivity index (χ1n) is 4.79. The quantitative estimate of drug-likeness (QED) is 0.839. The third kappa shape index (κ3) is 4.13. The second-order valence-corrected chi connectivity index (χ2v) is 5.06. The van der Waals surface area contributed by atoms with Gasteiger partial charge in [0.25, 0.3) is 0 Å². The van der Waals surface area contributed by atoms with E-state index in [0.717, 1.165) is 11.1 Å². The van der Waals surface area contributed by atoms with Crippen molar-refractivity contribution in [3.05, 3.63) is 54.6 Å². The molecule has 98 valence electrons. The molecule has 18 heavy (non-hydrogen) atoms. The van der Waals surface area contributed by atoms with E-state index in [2.05, 4.69) is 0 Å². The van der Waals surface area contributed by atoms with Crippen molar-refractivity contribution in [1.82, 2.24) is 0 Å². The predicted octanol–water partition coefficient (Wildman–Crippen LogP) is 3.00. The number of hydrogen-bond acceptors (Lipinski definition) is 1. The van der Waals surface area contributed by atoms with E-state index in [9.17, 15) is 4.57 Å². The van der Waals surface area contributed by atoms with E-state index in [1.165, 1.54) is 12.1 Å². The Morgan fingerprint density at radius 2 is 1.17 bits per heavy atom. The second kappa shape index (κ2) is 6.93. The maximum atomic E-state index is 11.0. The first-order chi connectivity index (χ1) is 7.57. The van der Waals surface area contributed by atoms with Gasteiger partial charge >= 0.3 is 7.60 Å². The van der Waals surface area contributed by atoms with Gasteiger partial charge in [-0.3, -0.25) is 4.57 Å². The zero-order valence-electron chi connectivity index (χ0n) is 9.26. The molecule has 0 amide bonds. The average Bonchev–Trinajstić information content (AvgIpc) is 2.29. The molecule has 0 spiro atoms. The lowest BCUT2D eigenvalue weighted by Gasteiger charge is -2.05. The van der Waals surface area contributed by atoms with Crippen molar-refractivity contribution >= 4 is 37.7 Å². The van der Waals surface area contributed by atoms with Gasteiger partial charge in [-0.05, 0) is 23.3 Å². The van der Waals surface area contributed by atoms with Crippen molar-refractivity contribution in [1.29, 1.82) is 0 Å². The molecule has 0 atom stereocenters. The van der Waals surface area contributed by atoms with E-state index in [4.69, 9.17) is 9.79 Å². The molecule has 0 bridgehead atoms. The summed E-state index contributed by atoms with van der Waals surface area (Å²) in [6.07, 6.45) is 0. The summed E-state index contributed by atoms with van der Waals surface area (Å²) in [5.41, 5.74) is 1.97. The normalized spacial score (nSPS) is 10.1. The van der Waals surface area contributed by atoms with Crippen LogP contribution in [0.1, 0.15) is 0 Å². The first-order valence-corrected chi connectivity index (χ1v) is 6.40. The maximum absolute atomic E-state index is 11.0. The lowest BCUT2D eigenvalue weighted by atomic mass is 10.1. The highest BCUT2D eigenvalue weighted by molar-refractivity contribution is 7.60. The van der Waals surface area contributed by atoms with Gasteiger partial charge in [0.05, 0.1) is 5.30 Å². The van der Waals surface area contributed by atoms with Gasteiger partial charge in [-0.25, -0.2) is 0 Å². The molecule has 3 nitrogen and oxygen atoms in total. The Bertz CT molecular complexity index is 523. The van der Waals surface area contributed by atoms with E-state index >= 15 is 0 Å². The van der Waals surface area contributed by atoms with Crippen LogP contribution in [0.25, 0.3) is 11.1 Å². The van der Waals surface area contributed by atoms with Crippen molar-refractivity contribution in [2.75, 3.05) is 0 Å². The molecule has 6 heteroatoms. The molecule has 0 saturated carbocycles. The Balaban J connectivity index is 0.00000144. The van der Waals surface area contributed by atoms with Gasteiger partial charge in [0, 0.05) is 0 Å². The molecule has 0 aromatic heterocycles. The van der Waals surface area contributed by atoms with Crippen LogP contribution in [0.15, 0.2) is 54.6 Å². The fourth-order valence-corrected chi connectivity index (χ4v) is 2.02. The highest BCUT2D eigenvalue weighted by Crippen LogP contribution is 2.33. The van der Waals surface area contributed by atoms with Crippen LogP contribution >= 0.6 is 32.4 Å². The van der Waals surface area contributed by atoms with E-state index in [1.807, 2.05) is 30.3 Å². The third-order valence-electron chi connectivity index (χ3n) is 2.31. The van der Waals surface area contributed by atoms with Crippen LogP contribution in [0, 0.1) is 0 Å². The van der Waals surface area contributed by atoms with Crippen LogP contribution in [0.3, 0.4) is 0 Å². The minimum Gasteiger partial charge on any atom is -0.321 e. The minimum atomic E-state index is -4.13. The van der Waals surface area contributed by atoms with Gasteiger partial charge in [-0.1, -0.05) is 42.5 Å². The summed E-state index contributed by atoms with van der Waals surface area (Å²) in [7, 11) is -4.13. The summed E-state index contributed by atoms with van der Waals surface area (Å²) in [6, 6.07) is 16.0. The SMILES string of the molecule is Cl.Cl.O=P(O)(O)c1ccc(-c2ccccc2)cc1. The van der Waals surface area contributed by atoms with Gasteiger partial charge < -0.3 is 9.79 Å². The largest absolute Gasteiger partial charge is 0.356 e. The molecular weight excluding hydrogens is 294 g/mol. The smallest absolute Gasteiger partial charge is 0.321 e. The molecule has 2 aromatic carbocycles. The van der Waals surface area contributed by atoms with E-state index < -0.39 is 7.60 Å². The van der Waals surface area contributed by atoms with Crippen molar-refractivity contribution in [3.63, 3.8) is 0 Å². The third-order valence-corrected chi connectivity index (χ3v) is 3.28. The number of hydrogen-bond donors (Lipinski definition) is 2. The van der Waals surface area contributed by atoms with Crippen LogP contribution in [0.5, 0.6) is 0 Å². The summed E-state index contributed by atoms with van der Waals surface area (Å²) in [4.78, 5) is 17.9. The topological polar surface area (TPSA) is 57.5 Å². The summed E-state index contributed by atoms with van der Waals surface area (Å²) in [6.45, 7) is 0. The summed E-state index contributed by atoms with van der Waals surface area (Å²) in [5, 5.41) is 0.0483. The molecule has 0 radical (unpaired) electrons. The summed E-state index contributed by atoms with van der Waals surface area (Å²) < 4.78 is 11.0. The maximum Gasteiger partial charge on any atom is 0.356 e. The van der Waals surface area contributed by atoms with Gasteiger partial charge in [0.1, 0.15) is 0 Å². The molecule has 2 aromatic rings. The summed E-state index contributed by atoms with van der Waals surface area (Å²) >= 11 is 0. The van der Waals surface area contributed by atoms with E-state index in [1.54, 1.807) is 12.1 Å². The monoisotopic (exact) mass is 306 g/mol. The molecule has 0 aliphatic rings. The van der Waals surface area contributed by atoms with E-state index in [0.29, 0.717) is 0 Å². The highest BCUT2D eigenvalue weighted by atomic mass is 35.5. The molecule has 0 aliphatic carbocycles. The Kier molecular flexibility index (Phi) is 6.61. The molecule has 0 saturated heterocycles. The zero-order valence-corrected chi connectivity index (χ0v) is 11.8. The van der Waals surface area contributed by atoms with Crippen molar-refractivity contribution in [2.24, 2.45) is 0 Å². The lowest BCUT2D eigenvalue weighted by Crippen LogP contribution is -2.02. The molecule has 0 heterocycles. The number of halogens is 2. The molecule has 0 aliphatic heterocycles. The minimum absolute atomic E-state index is 0. The van der Waals surface area contributed by atoms with Gasteiger partial charge in [0.15, 0.2) is 0 Å². The average molecular weight is 307 g/mol. The lowest BCUT2D eigenvalue weighted by molar-refractivity contribution is 0.387. The summed E-state index contributed by atoms with van der Waals surface area (Å²) in [5.74, 6) is 0. The Labute approximate surface area is 118 Å². The van der Waals surface area contributed by atoms with Gasteiger partial charge in [0.2, 0.25) is 0 Å². The van der Waals surface area contributed by atoms with Gasteiger partial charge in [-0.2, -0.15) is 0 Å². The fourth-order valence-electron chi connectivity index (χ4n) is 1.48. The number of benzene rings is 2. The van der Waals surface area contributed by atoms with Crippen LogP contribution in [0.4, 0.5) is 0 Å².